The summed E-state index contributed by atoms with van der Waals surface area (Å²) in [5.74, 6) is 1.02. The Hall–Kier alpha value is -1.75. The van der Waals surface area contributed by atoms with Crippen molar-refractivity contribution in [3.8, 4) is 11.5 Å². The Bertz CT molecular complexity index is 471. The van der Waals surface area contributed by atoms with Gasteiger partial charge < -0.3 is 19.5 Å². The van der Waals surface area contributed by atoms with E-state index >= 15 is 0 Å². The molecule has 1 aromatic carbocycles. The van der Waals surface area contributed by atoms with Crippen LogP contribution in [0, 0.1) is 13.8 Å². The largest absolute Gasteiger partial charge is 0.496 e. The van der Waals surface area contributed by atoms with E-state index in [1.54, 1.807) is 27.3 Å². The Morgan fingerprint density at radius 2 is 1.79 bits per heavy atom. The van der Waals surface area contributed by atoms with Gasteiger partial charge in [0.1, 0.15) is 17.5 Å². The second-order valence-electron chi connectivity index (χ2n) is 4.20. The van der Waals surface area contributed by atoms with Gasteiger partial charge in [-0.3, -0.25) is 0 Å². The first-order valence-electron chi connectivity index (χ1n) is 5.98. The van der Waals surface area contributed by atoms with Crippen molar-refractivity contribution in [2.45, 2.75) is 19.9 Å². The average molecular weight is 267 g/mol. The van der Waals surface area contributed by atoms with Crippen LogP contribution in [0.1, 0.15) is 22.7 Å². The molecule has 0 saturated heterocycles. The highest BCUT2D eigenvalue weighted by Gasteiger charge is 2.26. The molecule has 5 heteroatoms. The van der Waals surface area contributed by atoms with E-state index in [-0.39, 0.29) is 5.97 Å². The third-order valence-electron chi connectivity index (χ3n) is 3.28. The van der Waals surface area contributed by atoms with Crippen LogP contribution in [0.4, 0.5) is 0 Å². The molecule has 0 amide bonds. The third-order valence-corrected chi connectivity index (χ3v) is 3.28. The minimum atomic E-state index is -0.590. The van der Waals surface area contributed by atoms with Crippen LogP contribution in [0.15, 0.2) is 6.07 Å². The van der Waals surface area contributed by atoms with Gasteiger partial charge in [-0.15, -0.1) is 0 Å². The molecule has 106 valence electrons. The van der Waals surface area contributed by atoms with E-state index in [0.717, 1.165) is 16.9 Å². The lowest BCUT2D eigenvalue weighted by Crippen LogP contribution is -2.27. The van der Waals surface area contributed by atoms with Gasteiger partial charge in [-0.25, -0.2) is 4.79 Å². The molecule has 1 unspecified atom stereocenters. The maximum absolute atomic E-state index is 11.8. The summed E-state index contributed by atoms with van der Waals surface area (Å²) in [6, 6.07) is 1.22. The number of hydrogen-bond donors (Lipinski definition) is 1. The van der Waals surface area contributed by atoms with E-state index in [1.165, 1.54) is 7.11 Å². The van der Waals surface area contributed by atoms with E-state index in [1.807, 2.05) is 13.8 Å². The van der Waals surface area contributed by atoms with Gasteiger partial charge in [0.2, 0.25) is 0 Å². The first kappa shape index (κ1) is 15.3. The smallest absolute Gasteiger partial charge is 0.327 e. The Balaban J connectivity index is 3.47. The molecular weight excluding hydrogens is 246 g/mol. The van der Waals surface area contributed by atoms with E-state index in [4.69, 9.17) is 14.2 Å². The number of benzene rings is 1. The van der Waals surface area contributed by atoms with Crippen molar-refractivity contribution in [1.29, 1.82) is 0 Å². The highest BCUT2D eigenvalue weighted by atomic mass is 16.5. The molecule has 1 rings (SSSR count). The zero-order valence-corrected chi connectivity index (χ0v) is 12.3. The van der Waals surface area contributed by atoms with Gasteiger partial charge in [0.25, 0.3) is 0 Å². The maximum Gasteiger partial charge on any atom is 0.327 e. The fourth-order valence-electron chi connectivity index (χ4n) is 2.10. The van der Waals surface area contributed by atoms with Gasteiger partial charge in [0, 0.05) is 5.56 Å². The topological polar surface area (TPSA) is 56.8 Å². The van der Waals surface area contributed by atoms with Gasteiger partial charge in [-0.1, -0.05) is 0 Å². The number of likely N-dealkylation sites (N-methyl/N-ethyl adjacent to an activating group) is 1. The predicted octanol–water partition coefficient (Wildman–Crippen LogP) is 1.75. The summed E-state index contributed by atoms with van der Waals surface area (Å²) in [6.45, 7) is 3.89. The molecule has 0 saturated carbocycles. The summed E-state index contributed by atoms with van der Waals surface area (Å²) in [4.78, 5) is 11.8. The van der Waals surface area contributed by atoms with Gasteiger partial charge in [0.15, 0.2) is 0 Å². The van der Waals surface area contributed by atoms with Crippen LogP contribution < -0.4 is 14.8 Å². The highest BCUT2D eigenvalue weighted by molar-refractivity contribution is 5.79. The lowest BCUT2D eigenvalue weighted by Gasteiger charge is -2.21. The van der Waals surface area contributed by atoms with E-state index < -0.39 is 6.04 Å². The molecule has 0 heterocycles. The SMILES string of the molecule is CNC(C(=O)OC)c1cc(OC)c(C)c(C)c1OC. The Labute approximate surface area is 113 Å². The summed E-state index contributed by atoms with van der Waals surface area (Å²) in [5, 5.41) is 2.93. The summed E-state index contributed by atoms with van der Waals surface area (Å²) < 4.78 is 15.6. The second-order valence-corrected chi connectivity index (χ2v) is 4.20. The molecule has 0 aliphatic heterocycles. The van der Waals surface area contributed by atoms with Crippen molar-refractivity contribution < 1.29 is 19.0 Å². The van der Waals surface area contributed by atoms with Crippen LogP contribution in [0.25, 0.3) is 0 Å². The Morgan fingerprint density at radius 1 is 1.16 bits per heavy atom. The molecule has 19 heavy (non-hydrogen) atoms. The summed E-state index contributed by atoms with van der Waals surface area (Å²) >= 11 is 0. The van der Waals surface area contributed by atoms with Gasteiger partial charge in [-0.05, 0) is 38.1 Å². The van der Waals surface area contributed by atoms with E-state index in [2.05, 4.69) is 5.32 Å². The van der Waals surface area contributed by atoms with E-state index in [0.29, 0.717) is 11.3 Å². The summed E-state index contributed by atoms with van der Waals surface area (Å²) in [5.41, 5.74) is 2.64. The Kier molecular flexibility index (Phi) is 5.18. The van der Waals surface area contributed by atoms with Crippen LogP contribution in [-0.2, 0) is 9.53 Å². The minimum absolute atomic E-state index is 0.369. The summed E-state index contributed by atoms with van der Waals surface area (Å²) in [7, 11) is 6.24. The summed E-state index contributed by atoms with van der Waals surface area (Å²) in [6.07, 6.45) is 0. The lowest BCUT2D eigenvalue weighted by molar-refractivity contribution is -0.143. The number of hydrogen-bond acceptors (Lipinski definition) is 5. The second kappa shape index (κ2) is 6.43. The van der Waals surface area contributed by atoms with Crippen LogP contribution in [0.3, 0.4) is 0 Å². The lowest BCUT2D eigenvalue weighted by atomic mass is 9.98. The quantitative estimate of drug-likeness (QED) is 0.824. The first-order chi connectivity index (χ1) is 9.01. The predicted molar refractivity (Wildman–Crippen MR) is 72.8 cm³/mol. The molecule has 1 aromatic rings. The highest BCUT2D eigenvalue weighted by Crippen LogP contribution is 2.36. The molecule has 0 spiro atoms. The fraction of sp³-hybridized carbons (Fsp3) is 0.500. The monoisotopic (exact) mass is 267 g/mol. The molecule has 0 radical (unpaired) electrons. The van der Waals surface area contributed by atoms with Crippen LogP contribution in [-0.4, -0.2) is 34.3 Å². The van der Waals surface area contributed by atoms with Gasteiger partial charge in [0.05, 0.1) is 21.3 Å². The molecule has 1 atom stereocenters. The number of carbonyl (C=O) groups is 1. The normalized spacial score (nSPS) is 11.9. The molecule has 5 nitrogen and oxygen atoms in total. The zero-order valence-electron chi connectivity index (χ0n) is 12.3. The molecule has 1 N–H and O–H groups in total. The van der Waals surface area contributed by atoms with Crippen molar-refractivity contribution in [3.63, 3.8) is 0 Å². The van der Waals surface area contributed by atoms with Gasteiger partial charge >= 0.3 is 5.97 Å². The number of ether oxygens (including phenoxy) is 3. The van der Waals surface area contributed by atoms with Crippen LogP contribution in [0.2, 0.25) is 0 Å². The number of nitrogens with one attached hydrogen (secondary N) is 1. The van der Waals surface area contributed by atoms with Crippen molar-refractivity contribution >= 4 is 5.97 Å². The number of methoxy groups -OCH3 is 3. The number of esters is 1. The van der Waals surface area contributed by atoms with Crippen molar-refractivity contribution in [2.75, 3.05) is 28.4 Å². The standard InChI is InChI=1S/C14H21NO4/c1-8-9(2)13(18-5)10(7-11(8)17-4)12(15-3)14(16)19-6/h7,12,15H,1-6H3. The molecule has 0 aliphatic carbocycles. The van der Waals surface area contributed by atoms with E-state index in [9.17, 15) is 4.79 Å². The number of carbonyl (C=O) groups excluding carboxylic acids is 1. The molecule has 0 bridgehead atoms. The Morgan fingerprint density at radius 3 is 2.21 bits per heavy atom. The van der Waals surface area contributed by atoms with Crippen molar-refractivity contribution in [2.24, 2.45) is 0 Å². The van der Waals surface area contributed by atoms with Crippen molar-refractivity contribution in [1.82, 2.24) is 5.32 Å². The maximum atomic E-state index is 11.8. The van der Waals surface area contributed by atoms with Crippen molar-refractivity contribution in [3.05, 3.63) is 22.8 Å². The van der Waals surface area contributed by atoms with Crippen LogP contribution >= 0.6 is 0 Å². The molecule has 0 aliphatic rings. The fourth-order valence-corrected chi connectivity index (χ4v) is 2.10. The first-order valence-corrected chi connectivity index (χ1v) is 5.98. The number of rotatable bonds is 5. The third kappa shape index (κ3) is 2.81. The average Bonchev–Trinajstić information content (AvgIpc) is 2.43. The van der Waals surface area contributed by atoms with Crippen LogP contribution in [0.5, 0.6) is 11.5 Å². The zero-order chi connectivity index (χ0) is 14.6. The molecular formula is C14H21NO4. The van der Waals surface area contributed by atoms with Gasteiger partial charge in [-0.2, -0.15) is 0 Å². The molecule has 0 fully saturated rings. The molecule has 0 aromatic heterocycles. The minimum Gasteiger partial charge on any atom is -0.496 e.